The molecule has 0 atom stereocenters. The first-order chi connectivity index (χ1) is 10.1. The molecule has 0 aliphatic rings. The summed E-state index contributed by atoms with van der Waals surface area (Å²) in [6.07, 6.45) is -0.779. The third-order valence-electron chi connectivity index (χ3n) is 2.83. The number of halogens is 1. The Morgan fingerprint density at radius 3 is 2.48 bits per heavy atom. The fraction of sp³-hybridized carbons (Fsp3) is 0.125. The highest BCUT2D eigenvalue weighted by atomic mass is 19.1. The van der Waals surface area contributed by atoms with Gasteiger partial charge in [0.1, 0.15) is 6.61 Å². The largest absolute Gasteiger partial charge is 0.444 e. The fourth-order valence-corrected chi connectivity index (χ4v) is 1.77. The number of carbonyl (C=O) groups excluding carboxylic acids is 2. The van der Waals surface area contributed by atoms with Crippen molar-refractivity contribution in [1.82, 2.24) is 0 Å². The second-order valence-electron chi connectivity index (χ2n) is 4.41. The minimum absolute atomic E-state index is 0.0733. The van der Waals surface area contributed by atoms with E-state index in [1.165, 1.54) is 25.1 Å². The van der Waals surface area contributed by atoms with Gasteiger partial charge in [-0.15, -0.1) is 0 Å². The van der Waals surface area contributed by atoms with Crippen molar-refractivity contribution >= 4 is 17.6 Å². The number of carbonyl (C=O) groups is 2. The Morgan fingerprint density at radius 2 is 1.81 bits per heavy atom. The van der Waals surface area contributed by atoms with E-state index in [4.69, 9.17) is 4.74 Å². The second kappa shape index (κ2) is 6.65. The predicted octanol–water partition coefficient (Wildman–Crippen LogP) is 3.78. The molecular formula is C16H14FNO3. The first-order valence-electron chi connectivity index (χ1n) is 6.35. The number of ketones is 1. The number of benzene rings is 2. The Morgan fingerprint density at radius 1 is 1.10 bits per heavy atom. The molecule has 21 heavy (non-hydrogen) atoms. The van der Waals surface area contributed by atoms with E-state index in [2.05, 4.69) is 5.32 Å². The van der Waals surface area contributed by atoms with Crippen LogP contribution in [0.4, 0.5) is 14.9 Å². The van der Waals surface area contributed by atoms with Crippen LogP contribution in [0.15, 0.2) is 48.5 Å². The van der Waals surface area contributed by atoms with Crippen LogP contribution < -0.4 is 5.32 Å². The maximum Gasteiger partial charge on any atom is 0.412 e. The lowest BCUT2D eigenvalue weighted by molar-refractivity contribution is 0.101. The Kier molecular flexibility index (Phi) is 4.66. The molecule has 0 radical (unpaired) electrons. The van der Waals surface area contributed by atoms with Gasteiger partial charge in [0, 0.05) is 0 Å². The van der Waals surface area contributed by atoms with E-state index in [1.54, 1.807) is 0 Å². The van der Waals surface area contributed by atoms with Gasteiger partial charge in [0.25, 0.3) is 0 Å². The van der Waals surface area contributed by atoms with Crippen molar-refractivity contribution in [2.24, 2.45) is 0 Å². The van der Waals surface area contributed by atoms with Gasteiger partial charge in [-0.3, -0.25) is 10.1 Å². The molecule has 2 rings (SSSR count). The Labute approximate surface area is 121 Å². The number of hydrogen-bond donors (Lipinski definition) is 1. The van der Waals surface area contributed by atoms with Gasteiger partial charge in [-0.25, -0.2) is 9.18 Å². The number of rotatable bonds is 4. The molecule has 0 aliphatic carbocycles. The maximum absolute atomic E-state index is 14.0. The van der Waals surface area contributed by atoms with Crippen molar-refractivity contribution in [1.29, 1.82) is 0 Å². The van der Waals surface area contributed by atoms with Crippen molar-refractivity contribution in [3.05, 3.63) is 65.5 Å². The molecule has 2 aromatic carbocycles. The van der Waals surface area contributed by atoms with E-state index in [0.29, 0.717) is 0 Å². The maximum atomic E-state index is 14.0. The fourth-order valence-electron chi connectivity index (χ4n) is 1.77. The summed E-state index contributed by atoms with van der Waals surface area (Å²) in [4.78, 5) is 22.9. The van der Waals surface area contributed by atoms with Crippen LogP contribution in [0.25, 0.3) is 0 Å². The highest BCUT2D eigenvalue weighted by Gasteiger charge is 2.13. The van der Waals surface area contributed by atoms with Gasteiger partial charge >= 0.3 is 6.09 Å². The van der Waals surface area contributed by atoms with Gasteiger partial charge in [0.2, 0.25) is 0 Å². The van der Waals surface area contributed by atoms with E-state index in [-0.39, 0.29) is 17.9 Å². The van der Waals surface area contributed by atoms with Gasteiger partial charge in [0.05, 0.1) is 11.3 Å². The summed E-state index contributed by atoms with van der Waals surface area (Å²) in [5, 5.41) is 2.29. The average molecular weight is 287 g/mol. The first kappa shape index (κ1) is 14.7. The number of hydrogen-bond acceptors (Lipinski definition) is 3. The number of ether oxygens (including phenoxy) is 1. The topological polar surface area (TPSA) is 55.4 Å². The van der Waals surface area contributed by atoms with Crippen molar-refractivity contribution < 1.29 is 18.7 Å². The van der Waals surface area contributed by atoms with Crippen LogP contribution in [0.3, 0.4) is 0 Å². The highest BCUT2D eigenvalue weighted by molar-refractivity contribution is 5.96. The van der Waals surface area contributed by atoms with E-state index < -0.39 is 17.7 Å². The molecule has 5 heteroatoms. The monoisotopic (exact) mass is 287 g/mol. The van der Waals surface area contributed by atoms with Crippen molar-refractivity contribution in [3.63, 3.8) is 0 Å². The summed E-state index contributed by atoms with van der Waals surface area (Å²) >= 11 is 0. The lowest BCUT2D eigenvalue weighted by Crippen LogP contribution is -2.15. The highest BCUT2D eigenvalue weighted by Crippen LogP contribution is 2.18. The van der Waals surface area contributed by atoms with Crippen molar-refractivity contribution in [2.75, 3.05) is 5.32 Å². The lowest BCUT2D eigenvalue weighted by Gasteiger charge is -2.09. The van der Waals surface area contributed by atoms with Gasteiger partial charge in [0.15, 0.2) is 11.6 Å². The summed E-state index contributed by atoms with van der Waals surface area (Å²) in [7, 11) is 0. The molecule has 0 aromatic heterocycles. The Bertz CT molecular complexity index is 656. The zero-order chi connectivity index (χ0) is 15.2. The third-order valence-corrected chi connectivity index (χ3v) is 2.83. The van der Waals surface area contributed by atoms with E-state index in [1.807, 2.05) is 30.3 Å². The predicted molar refractivity (Wildman–Crippen MR) is 76.7 cm³/mol. The average Bonchev–Trinajstić information content (AvgIpc) is 2.48. The number of nitrogens with one attached hydrogen (secondary N) is 1. The molecular weight excluding hydrogens is 273 g/mol. The zero-order valence-corrected chi connectivity index (χ0v) is 11.4. The molecule has 0 saturated carbocycles. The number of Topliss-reactive ketones (excluding diaryl/α,β-unsaturated/α-hetero) is 1. The molecule has 0 heterocycles. The first-order valence-corrected chi connectivity index (χ1v) is 6.35. The molecule has 1 amide bonds. The Balaban J connectivity index is 2.00. The van der Waals surface area contributed by atoms with Crippen LogP contribution in [0.1, 0.15) is 22.8 Å². The molecule has 0 bridgehead atoms. The minimum atomic E-state index is -0.779. The minimum Gasteiger partial charge on any atom is -0.444 e. The van der Waals surface area contributed by atoms with Crippen molar-refractivity contribution in [3.8, 4) is 0 Å². The van der Waals surface area contributed by atoms with Crippen LogP contribution in [-0.4, -0.2) is 11.9 Å². The van der Waals surface area contributed by atoms with Crippen LogP contribution in [0.2, 0.25) is 0 Å². The van der Waals surface area contributed by atoms with Gasteiger partial charge in [-0.2, -0.15) is 0 Å². The smallest absolute Gasteiger partial charge is 0.412 e. The SMILES string of the molecule is CC(=O)c1cccc(NC(=O)OCc2ccccc2)c1F. The van der Waals surface area contributed by atoms with Crippen LogP contribution in [0.5, 0.6) is 0 Å². The summed E-state index contributed by atoms with van der Waals surface area (Å²) in [6, 6.07) is 13.3. The zero-order valence-electron chi connectivity index (χ0n) is 11.4. The molecule has 0 spiro atoms. The molecule has 1 N–H and O–H groups in total. The normalized spacial score (nSPS) is 10.0. The molecule has 108 valence electrons. The molecule has 0 aliphatic heterocycles. The van der Waals surface area contributed by atoms with E-state index in [9.17, 15) is 14.0 Å². The van der Waals surface area contributed by atoms with Gasteiger partial charge in [-0.05, 0) is 24.6 Å². The van der Waals surface area contributed by atoms with Crippen molar-refractivity contribution in [2.45, 2.75) is 13.5 Å². The molecule has 0 fully saturated rings. The number of amides is 1. The quantitative estimate of drug-likeness (QED) is 0.871. The number of anilines is 1. The lowest BCUT2D eigenvalue weighted by atomic mass is 10.1. The van der Waals surface area contributed by atoms with Gasteiger partial charge in [-0.1, -0.05) is 36.4 Å². The van der Waals surface area contributed by atoms with E-state index in [0.717, 1.165) is 5.56 Å². The van der Waals surface area contributed by atoms with Crippen LogP contribution in [-0.2, 0) is 11.3 Å². The molecule has 0 unspecified atom stereocenters. The summed E-state index contributed by atoms with van der Waals surface area (Å²) < 4.78 is 18.9. The standard InChI is InChI=1S/C16H14FNO3/c1-11(19)13-8-5-9-14(15(13)17)18-16(20)21-10-12-6-3-2-4-7-12/h2-9H,10H2,1H3,(H,18,20). The third kappa shape index (κ3) is 3.89. The summed E-state index contributed by atoms with van der Waals surface area (Å²) in [6.45, 7) is 1.34. The summed E-state index contributed by atoms with van der Waals surface area (Å²) in [5.41, 5.74) is 0.669. The Hall–Kier alpha value is -2.69. The molecule has 0 saturated heterocycles. The van der Waals surface area contributed by atoms with Crippen LogP contribution in [0, 0.1) is 5.82 Å². The summed E-state index contributed by atoms with van der Waals surface area (Å²) in [5.74, 6) is -1.17. The van der Waals surface area contributed by atoms with Gasteiger partial charge < -0.3 is 4.74 Å². The second-order valence-corrected chi connectivity index (χ2v) is 4.41. The van der Waals surface area contributed by atoms with Crippen LogP contribution >= 0.6 is 0 Å². The van der Waals surface area contributed by atoms with E-state index >= 15 is 0 Å². The molecule has 4 nitrogen and oxygen atoms in total. The molecule has 2 aromatic rings.